The highest BCUT2D eigenvalue weighted by Gasteiger charge is 2.09. The lowest BCUT2D eigenvalue weighted by Crippen LogP contribution is -2.26. The standard InChI is InChI=1S/C13H23NO3/c1-3-5-6-7-8-9-10-12(15)14-11(4-2)13(16)17/h4H,3,5-10H2,1-2H3,(H,14,15)(H,16,17)/b11-4+. The van der Waals surface area contributed by atoms with E-state index in [0.717, 1.165) is 19.3 Å². The second-order valence-corrected chi connectivity index (χ2v) is 4.07. The van der Waals surface area contributed by atoms with Gasteiger partial charge >= 0.3 is 5.97 Å². The van der Waals surface area contributed by atoms with Gasteiger partial charge in [-0.3, -0.25) is 4.79 Å². The maximum Gasteiger partial charge on any atom is 0.352 e. The Bertz CT molecular complexity index is 272. The fraction of sp³-hybridized carbons (Fsp3) is 0.692. The topological polar surface area (TPSA) is 66.4 Å². The number of hydrogen-bond donors (Lipinski definition) is 2. The first-order valence-corrected chi connectivity index (χ1v) is 6.31. The van der Waals surface area contributed by atoms with Crippen LogP contribution in [0.3, 0.4) is 0 Å². The second kappa shape index (κ2) is 9.87. The molecule has 17 heavy (non-hydrogen) atoms. The number of rotatable bonds is 9. The Balaban J connectivity index is 3.63. The van der Waals surface area contributed by atoms with E-state index in [0.29, 0.717) is 6.42 Å². The van der Waals surface area contributed by atoms with Crippen LogP contribution in [0.25, 0.3) is 0 Å². The monoisotopic (exact) mass is 241 g/mol. The van der Waals surface area contributed by atoms with Gasteiger partial charge in [-0.2, -0.15) is 0 Å². The van der Waals surface area contributed by atoms with Crippen molar-refractivity contribution >= 4 is 11.9 Å². The molecule has 0 spiro atoms. The van der Waals surface area contributed by atoms with Crippen LogP contribution in [0.1, 0.15) is 58.8 Å². The Morgan fingerprint density at radius 2 is 1.71 bits per heavy atom. The quantitative estimate of drug-likeness (QED) is 0.482. The van der Waals surface area contributed by atoms with Crippen LogP contribution < -0.4 is 5.32 Å². The maximum absolute atomic E-state index is 11.4. The molecule has 0 aromatic rings. The van der Waals surface area contributed by atoms with Crippen LogP contribution in [0, 0.1) is 0 Å². The fourth-order valence-electron chi connectivity index (χ4n) is 1.53. The van der Waals surface area contributed by atoms with Crippen LogP contribution in [-0.2, 0) is 9.59 Å². The molecule has 0 atom stereocenters. The summed E-state index contributed by atoms with van der Waals surface area (Å²) >= 11 is 0. The number of allylic oxidation sites excluding steroid dienone is 1. The van der Waals surface area contributed by atoms with Crippen molar-refractivity contribution in [2.24, 2.45) is 0 Å². The average Bonchev–Trinajstić information content (AvgIpc) is 2.30. The zero-order valence-corrected chi connectivity index (χ0v) is 10.8. The molecule has 1 amide bonds. The summed E-state index contributed by atoms with van der Waals surface area (Å²) in [6.07, 6.45) is 8.47. The van der Waals surface area contributed by atoms with E-state index in [1.165, 1.54) is 25.3 Å². The number of carboxylic acid groups (broad SMARTS) is 1. The number of hydrogen-bond acceptors (Lipinski definition) is 2. The molecule has 0 aromatic carbocycles. The average molecular weight is 241 g/mol. The van der Waals surface area contributed by atoms with Gasteiger partial charge in [0.2, 0.25) is 5.91 Å². The summed E-state index contributed by atoms with van der Waals surface area (Å²) in [7, 11) is 0. The van der Waals surface area contributed by atoms with Crippen molar-refractivity contribution in [1.29, 1.82) is 0 Å². The molecule has 0 saturated heterocycles. The third-order valence-corrected chi connectivity index (χ3v) is 2.55. The van der Waals surface area contributed by atoms with Crippen LogP contribution in [-0.4, -0.2) is 17.0 Å². The minimum absolute atomic E-state index is 0.0408. The van der Waals surface area contributed by atoms with Gasteiger partial charge in [0.15, 0.2) is 0 Å². The van der Waals surface area contributed by atoms with Gasteiger partial charge in [0.25, 0.3) is 0 Å². The van der Waals surface area contributed by atoms with Crippen LogP contribution in [0.4, 0.5) is 0 Å². The summed E-state index contributed by atoms with van der Waals surface area (Å²) in [5.41, 5.74) is -0.0408. The van der Waals surface area contributed by atoms with E-state index in [-0.39, 0.29) is 11.6 Å². The highest BCUT2D eigenvalue weighted by Crippen LogP contribution is 2.07. The summed E-state index contributed by atoms with van der Waals surface area (Å²) in [5.74, 6) is -1.31. The second-order valence-electron chi connectivity index (χ2n) is 4.07. The van der Waals surface area contributed by atoms with Gasteiger partial charge in [0, 0.05) is 6.42 Å². The van der Waals surface area contributed by atoms with E-state index in [2.05, 4.69) is 12.2 Å². The molecule has 0 unspecified atom stereocenters. The molecule has 0 aromatic heterocycles. The molecule has 0 aliphatic heterocycles. The summed E-state index contributed by atoms with van der Waals surface area (Å²) in [5, 5.41) is 11.1. The van der Waals surface area contributed by atoms with Gasteiger partial charge in [-0.15, -0.1) is 0 Å². The van der Waals surface area contributed by atoms with Crippen LogP contribution in [0.15, 0.2) is 11.8 Å². The van der Waals surface area contributed by atoms with Gasteiger partial charge in [0.1, 0.15) is 5.70 Å². The molecule has 0 aliphatic carbocycles. The Hall–Kier alpha value is -1.32. The van der Waals surface area contributed by atoms with Crippen LogP contribution >= 0.6 is 0 Å². The molecule has 0 heterocycles. The normalized spacial score (nSPS) is 11.3. The first-order chi connectivity index (χ1) is 8.11. The molecule has 4 heteroatoms. The summed E-state index contributed by atoms with van der Waals surface area (Å²) in [6.45, 7) is 3.76. The van der Waals surface area contributed by atoms with Gasteiger partial charge < -0.3 is 10.4 Å². The highest BCUT2D eigenvalue weighted by molar-refractivity contribution is 5.92. The zero-order valence-electron chi connectivity index (χ0n) is 10.8. The highest BCUT2D eigenvalue weighted by atomic mass is 16.4. The molecular weight excluding hydrogens is 218 g/mol. The molecule has 0 rings (SSSR count). The van der Waals surface area contributed by atoms with Crippen molar-refractivity contribution in [1.82, 2.24) is 5.32 Å². The molecule has 0 saturated carbocycles. The Morgan fingerprint density at radius 1 is 1.12 bits per heavy atom. The van der Waals surface area contributed by atoms with Crippen molar-refractivity contribution in [2.75, 3.05) is 0 Å². The summed E-state index contributed by atoms with van der Waals surface area (Å²) in [6, 6.07) is 0. The van der Waals surface area contributed by atoms with Gasteiger partial charge in [-0.25, -0.2) is 4.79 Å². The van der Waals surface area contributed by atoms with Crippen molar-refractivity contribution in [2.45, 2.75) is 58.8 Å². The minimum Gasteiger partial charge on any atom is -0.477 e. The number of amides is 1. The van der Waals surface area contributed by atoms with E-state index < -0.39 is 5.97 Å². The van der Waals surface area contributed by atoms with Crippen molar-refractivity contribution in [3.8, 4) is 0 Å². The molecule has 0 fully saturated rings. The Kier molecular flexibility index (Phi) is 9.11. The number of carboxylic acids is 1. The predicted molar refractivity (Wildman–Crippen MR) is 67.5 cm³/mol. The van der Waals surface area contributed by atoms with Gasteiger partial charge in [0.05, 0.1) is 0 Å². The lowest BCUT2D eigenvalue weighted by molar-refractivity contribution is -0.134. The number of carbonyl (C=O) groups is 2. The smallest absolute Gasteiger partial charge is 0.352 e. The minimum atomic E-state index is -1.09. The molecule has 0 radical (unpaired) electrons. The van der Waals surface area contributed by atoms with E-state index >= 15 is 0 Å². The van der Waals surface area contributed by atoms with Crippen molar-refractivity contribution < 1.29 is 14.7 Å². The number of unbranched alkanes of at least 4 members (excludes halogenated alkanes) is 5. The van der Waals surface area contributed by atoms with Crippen LogP contribution in [0.5, 0.6) is 0 Å². The fourth-order valence-corrected chi connectivity index (χ4v) is 1.53. The lowest BCUT2D eigenvalue weighted by atomic mass is 10.1. The lowest BCUT2D eigenvalue weighted by Gasteiger charge is -2.05. The summed E-state index contributed by atoms with van der Waals surface area (Å²) in [4.78, 5) is 22.0. The van der Waals surface area contributed by atoms with Crippen molar-refractivity contribution in [3.63, 3.8) is 0 Å². The first kappa shape index (κ1) is 15.7. The van der Waals surface area contributed by atoms with Crippen molar-refractivity contribution in [3.05, 3.63) is 11.8 Å². The Morgan fingerprint density at radius 3 is 2.24 bits per heavy atom. The number of carbonyl (C=O) groups excluding carboxylic acids is 1. The van der Waals surface area contributed by atoms with Crippen LogP contribution in [0.2, 0.25) is 0 Å². The third-order valence-electron chi connectivity index (χ3n) is 2.55. The van der Waals surface area contributed by atoms with Gasteiger partial charge in [-0.1, -0.05) is 45.1 Å². The first-order valence-electron chi connectivity index (χ1n) is 6.31. The SMILES string of the molecule is C/C=C(/NC(=O)CCCCCCCC)C(=O)O. The number of aliphatic carboxylic acids is 1. The molecule has 0 bridgehead atoms. The van der Waals surface area contributed by atoms with E-state index in [1.54, 1.807) is 6.92 Å². The van der Waals surface area contributed by atoms with E-state index in [9.17, 15) is 9.59 Å². The predicted octanol–water partition coefficient (Wildman–Crippen LogP) is 2.84. The largest absolute Gasteiger partial charge is 0.477 e. The maximum atomic E-state index is 11.4. The molecular formula is C13H23NO3. The number of nitrogens with one attached hydrogen (secondary N) is 1. The zero-order chi connectivity index (χ0) is 13.1. The summed E-state index contributed by atoms with van der Waals surface area (Å²) < 4.78 is 0. The Labute approximate surface area is 103 Å². The third kappa shape index (κ3) is 8.48. The van der Waals surface area contributed by atoms with E-state index in [4.69, 9.17) is 5.11 Å². The molecule has 98 valence electrons. The molecule has 0 aliphatic rings. The molecule has 4 nitrogen and oxygen atoms in total. The van der Waals surface area contributed by atoms with E-state index in [1.807, 2.05) is 0 Å². The molecule has 2 N–H and O–H groups in total. The van der Waals surface area contributed by atoms with Gasteiger partial charge in [-0.05, 0) is 13.3 Å².